The van der Waals surface area contributed by atoms with Crippen molar-refractivity contribution in [3.8, 4) is 0 Å². The van der Waals surface area contributed by atoms with Crippen molar-refractivity contribution in [2.75, 3.05) is 6.54 Å². The van der Waals surface area contributed by atoms with Crippen LogP contribution in [-0.4, -0.2) is 12.6 Å². The quantitative estimate of drug-likeness (QED) is 0.843. The fourth-order valence-electron chi connectivity index (χ4n) is 3.19. The molecule has 0 amide bonds. The first-order valence-electron chi connectivity index (χ1n) is 7.82. The number of nitrogens with one attached hydrogen (secondary N) is 1. The van der Waals surface area contributed by atoms with E-state index in [1.165, 1.54) is 36.8 Å². The highest BCUT2D eigenvalue weighted by atomic mass is 14.9. The zero-order chi connectivity index (χ0) is 13.9. The lowest BCUT2D eigenvalue weighted by Crippen LogP contribution is -2.43. The predicted octanol–water partition coefficient (Wildman–Crippen LogP) is 4.44. The average Bonchev–Trinajstić information content (AvgIpc) is 2.39. The maximum atomic E-state index is 3.68. The Labute approximate surface area is 118 Å². The summed E-state index contributed by atoms with van der Waals surface area (Å²) in [7, 11) is 0. The van der Waals surface area contributed by atoms with Gasteiger partial charge in [0.15, 0.2) is 0 Å². The van der Waals surface area contributed by atoms with Gasteiger partial charge in [-0.05, 0) is 44.1 Å². The SMILES string of the molecule is Cc1ccc(C2(CNC(C)C)CCC(C)CC2)cc1. The van der Waals surface area contributed by atoms with E-state index in [1.807, 2.05) is 0 Å². The molecule has 0 spiro atoms. The van der Waals surface area contributed by atoms with E-state index < -0.39 is 0 Å². The molecule has 106 valence electrons. The van der Waals surface area contributed by atoms with Crippen molar-refractivity contribution in [1.29, 1.82) is 0 Å². The third kappa shape index (κ3) is 3.60. The van der Waals surface area contributed by atoms with E-state index in [0.717, 1.165) is 12.5 Å². The third-order valence-corrected chi connectivity index (χ3v) is 4.74. The van der Waals surface area contributed by atoms with Crippen LogP contribution in [0.2, 0.25) is 0 Å². The Balaban J connectivity index is 2.20. The van der Waals surface area contributed by atoms with Gasteiger partial charge in [0.1, 0.15) is 0 Å². The molecular weight excluding hydrogens is 230 g/mol. The van der Waals surface area contributed by atoms with Crippen LogP contribution in [0.5, 0.6) is 0 Å². The lowest BCUT2D eigenvalue weighted by Gasteiger charge is -2.41. The Morgan fingerprint density at radius 1 is 1.16 bits per heavy atom. The zero-order valence-electron chi connectivity index (χ0n) is 13.0. The lowest BCUT2D eigenvalue weighted by molar-refractivity contribution is 0.229. The van der Waals surface area contributed by atoms with Crippen molar-refractivity contribution < 1.29 is 0 Å². The predicted molar refractivity (Wildman–Crippen MR) is 83.6 cm³/mol. The van der Waals surface area contributed by atoms with Crippen molar-refractivity contribution in [2.45, 2.75) is 64.8 Å². The van der Waals surface area contributed by atoms with Crippen LogP contribution in [-0.2, 0) is 5.41 Å². The normalized spacial score (nSPS) is 27.7. The van der Waals surface area contributed by atoms with Gasteiger partial charge in [0.05, 0.1) is 0 Å². The smallest absolute Gasteiger partial charge is 0.00780 e. The molecule has 1 heteroatoms. The molecule has 1 aliphatic carbocycles. The van der Waals surface area contributed by atoms with Crippen LogP contribution in [0.1, 0.15) is 57.6 Å². The van der Waals surface area contributed by atoms with E-state index in [-0.39, 0.29) is 0 Å². The summed E-state index contributed by atoms with van der Waals surface area (Å²) in [6.45, 7) is 10.2. The highest BCUT2D eigenvalue weighted by Crippen LogP contribution is 2.41. The lowest BCUT2D eigenvalue weighted by atomic mass is 9.66. The van der Waals surface area contributed by atoms with E-state index >= 15 is 0 Å². The molecule has 0 radical (unpaired) electrons. The molecule has 1 N–H and O–H groups in total. The van der Waals surface area contributed by atoms with Gasteiger partial charge < -0.3 is 5.32 Å². The van der Waals surface area contributed by atoms with Gasteiger partial charge in [-0.25, -0.2) is 0 Å². The topological polar surface area (TPSA) is 12.0 Å². The van der Waals surface area contributed by atoms with Crippen molar-refractivity contribution in [3.05, 3.63) is 35.4 Å². The van der Waals surface area contributed by atoms with Gasteiger partial charge in [-0.3, -0.25) is 0 Å². The monoisotopic (exact) mass is 259 g/mol. The fraction of sp³-hybridized carbons (Fsp3) is 0.667. The molecule has 0 atom stereocenters. The number of rotatable bonds is 4. The average molecular weight is 259 g/mol. The molecule has 1 saturated carbocycles. The maximum absolute atomic E-state index is 3.68. The van der Waals surface area contributed by atoms with E-state index in [1.54, 1.807) is 0 Å². The number of benzene rings is 1. The maximum Gasteiger partial charge on any atom is 0.00780 e. The molecule has 1 aliphatic rings. The summed E-state index contributed by atoms with van der Waals surface area (Å²) in [5, 5.41) is 3.68. The Morgan fingerprint density at radius 2 is 1.74 bits per heavy atom. The first-order valence-corrected chi connectivity index (χ1v) is 7.82. The van der Waals surface area contributed by atoms with E-state index in [9.17, 15) is 0 Å². The molecule has 1 fully saturated rings. The van der Waals surface area contributed by atoms with Crippen LogP contribution >= 0.6 is 0 Å². The van der Waals surface area contributed by atoms with Gasteiger partial charge in [-0.2, -0.15) is 0 Å². The van der Waals surface area contributed by atoms with E-state index in [2.05, 4.69) is 57.3 Å². The number of hydrogen-bond donors (Lipinski definition) is 1. The highest BCUT2D eigenvalue weighted by Gasteiger charge is 2.35. The van der Waals surface area contributed by atoms with E-state index in [4.69, 9.17) is 0 Å². The molecule has 0 aromatic heterocycles. The molecule has 0 heterocycles. The number of hydrogen-bond acceptors (Lipinski definition) is 1. The second-order valence-electron chi connectivity index (χ2n) is 6.86. The minimum absolute atomic E-state index is 0.366. The molecule has 0 saturated heterocycles. The number of aryl methyl sites for hydroxylation is 1. The Morgan fingerprint density at radius 3 is 2.26 bits per heavy atom. The van der Waals surface area contributed by atoms with Crippen molar-refractivity contribution in [1.82, 2.24) is 5.32 Å². The largest absolute Gasteiger partial charge is 0.314 e. The standard InChI is InChI=1S/C18H29N/c1-14(2)19-13-18(11-9-16(4)10-12-18)17-7-5-15(3)6-8-17/h5-8,14,16,19H,9-13H2,1-4H3. The van der Waals surface area contributed by atoms with E-state index in [0.29, 0.717) is 11.5 Å². The third-order valence-electron chi connectivity index (χ3n) is 4.74. The summed E-state index contributed by atoms with van der Waals surface area (Å²) in [5.74, 6) is 0.901. The first-order chi connectivity index (χ1) is 9.02. The van der Waals surface area contributed by atoms with Crippen LogP contribution in [0, 0.1) is 12.8 Å². The molecule has 0 bridgehead atoms. The van der Waals surface area contributed by atoms with Gasteiger partial charge in [-0.1, -0.05) is 50.6 Å². The van der Waals surface area contributed by atoms with Gasteiger partial charge in [-0.15, -0.1) is 0 Å². The van der Waals surface area contributed by atoms with Crippen LogP contribution in [0.25, 0.3) is 0 Å². The molecule has 0 unspecified atom stereocenters. The fourth-order valence-corrected chi connectivity index (χ4v) is 3.19. The minimum Gasteiger partial charge on any atom is -0.314 e. The van der Waals surface area contributed by atoms with Gasteiger partial charge in [0, 0.05) is 18.0 Å². The van der Waals surface area contributed by atoms with Crippen LogP contribution in [0.4, 0.5) is 0 Å². The molecular formula is C18H29N. The van der Waals surface area contributed by atoms with Crippen molar-refractivity contribution >= 4 is 0 Å². The highest BCUT2D eigenvalue weighted by molar-refractivity contribution is 5.30. The molecule has 0 aliphatic heterocycles. The molecule has 1 aromatic rings. The van der Waals surface area contributed by atoms with Crippen LogP contribution in [0.15, 0.2) is 24.3 Å². The molecule has 2 rings (SSSR count). The summed E-state index contributed by atoms with van der Waals surface area (Å²) in [4.78, 5) is 0. The van der Waals surface area contributed by atoms with Crippen molar-refractivity contribution in [2.24, 2.45) is 5.92 Å². The minimum atomic E-state index is 0.366. The van der Waals surface area contributed by atoms with Gasteiger partial charge >= 0.3 is 0 Å². The Hall–Kier alpha value is -0.820. The summed E-state index contributed by atoms with van der Waals surface area (Å²) >= 11 is 0. The molecule has 1 nitrogen and oxygen atoms in total. The zero-order valence-corrected chi connectivity index (χ0v) is 13.0. The van der Waals surface area contributed by atoms with Crippen molar-refractivity contribution in [3.63, 3.8) is 0 Å². The van der Waals surface area contributed by atoms with Gasteiger partial charge in [0.25, 0.3) is 0 Å². The Kier molecular flexibility index (Phi) is 4.67. The summed E-state index contributed by atoms with van der Waals surface area (Å²) in [6.07, 6.45) is 5.40. The van der Waals surface area contributed by atoms with Gasteiger partial charge in [0.2, 0.25) is 0 Å². The van der Waals surface area contributed by atoms with Crippen LogP contribution in [0.3, 0.4) is 0 Å². The Bertz CT molecular complexity index is 383. The first kappa shape index (κ1) is 14.6. The van der Waals surface area contributed by atoms with Crippen LogP contribution < -0.4 is 5.32 Å². The summed E-state index contributed by atoms with van der Waals surface area (Å²) in [5.41, 5.74) is 3.27. The molecule has 1 aromatic carbocycles. The summed E-state index contributed by atoms with van der Waals surface area (Å²) in [6, 6.07) is 9.82. The second-order valence-corrected chi connectivity index (χ2v) is 6.86. The molecule has 19 heavy (non-hydrogen) atoms. The second kappa shape index (κ2) is 6.09. The summed E-state index contributed by atoms with van der Waals surface area (Å²) < 4.78 is 0.